The van der Waals surface area contributed by atoms with Crippen molar-refractivity contribution in [1.29, 1.82) is 0 Å². The number of amidine groups is 1. The third-order valence-corrected chi connectivity index (χ3v) is 3.51. The topological polar surface area (TPSA) is 77.1 Å². The maximum Gasteiger partial charge on any atom is 0.173 e. The number of ether oxygens (including phenoxy) is 2. The van der Waals surface area contributed by atoms with E-state index in [0.717, 1.165) is 32.3 Å². The summed E-state index contributed by atoms with van der Waals surface area (Å²) in [7, 11) is 0. The minimum Gasteiger partial charge on any atom is -0.493 e. The molecule has 1 aromatic rings. The van der Waals surface area contributed by atoms with Crippen LogP contribution in [0.25, 0.3) is 0 Å². The van der Waals surface area contributed by atoms with Gasteiger partial charge in [0.2, 0.25) is 0 Å². The molecule has 0 spiro atoms. The molecular weight excluding hydrogens is 280 g/mol. The summed E-state index contributed by atoms with van der Waals surface area (Å²) in [5, 5.41) is 12.3. The van der Waals surface area contributed by atoms with Gasteiger partial charge in [-0.25, -0.2) is 0 Å². The largest absolute Gasteiger partial charge is 0.493 e. The second-order valence-electron chi connectivity index (χ2n) is 4.75. The van der Waals surface area contributed by atoms with Crippen molar-refractivity contribution in [3.8, 4) is 5.75 Å². The first kappa shape index (κ1) is 14.9. The van der Waals surface area contributed by atoms with E-state index in [-0.39, 0.29) is 5.84 Å². The van der Waals surface area contributed by atoms with Gasteiger partial charge in [0.05, 0.1) is 18.3 Å². The fraction of sp³-hybridized carbons (Fsp3) is 0.500. The number of rotatable bonds is 6. The van der Waals surface area contributed by atoms with Crippen LogP contribution >= 0.6 is 11.6 Å². The standard InChI is InChI=1S/C14H19ClN2O3/c15-10-5-6-12(14(16)17-18)13(9-10)20-8-2-4-11-3-1-7-19-11/h5-6,9,11,18H,1-4,7-8H2,(H2,16,17). The van der Waals surface area contributed by atoms with Gasteiger partial charge in [0.25, 0.3) is 0 Å². The van der Waals surface area contributed by atoms with Crippen molar-refractivity contribution in [3.05, 3.63) is 28.8 Å². The normalized spacial score (nSPS) is 19.2. The first-order chi connectivity index (χ1) is 9.70. The molecule has 1 aliphatic heterocycles. The molecule has 110 valence electrons. The van der Waals surface area contributed by atoms with Crippen molar-refractivity contribution in [1.82, 2.24) is 0 Å². The molecule has 0 amide bonds. The molecular formula is C14H19ClN2O3. The van der Waals surface area contributed by atoms with Gasteiger partial charge in [-0.1, -0.05) is 16.8 Å². The summed E-state index contributed by atoms with van der Waals surface area (Å²) in [6, 6.07) is 5.02. The molecule has 0 radical (unpaired) electrons. The maximum absolute atomic E-state index is 8.75. The lowest BCUT2D eigenvalue weighted by Crippen LogP contribution is -2.15. The molecule has 5 nitrogen and oxygen atoms in total. The number of hydrogen-bond donors (Lipinski definition) is 2. The van der Waals surface area contributed by atoms with E-state index in [9.17, 15) is 0 Å². The van der Waals surface area contributed by atoms with Crippen LogP contribution in [-0.4, -0.2) is 30.4 Å². The molecule has 1 atom stereocenters. The lowest BCUT2D eigenvalue weighted by molar-refractivity contribution is 0.0981. The Labute approximate surface area is 123 Å². The van der Waals surface area contributed by atoms with E-state index >= 15 is 0 Å². The number of halogens is 1. The summed E-state index contributed by atoms with van der Waals surface area (Å²) in [4.78, 5) is 0. The smallest absolute Gasteiger partial charge is 0.173 e. The van der Waals surface area contributed by atoms with E-state index in [1.54, 1.807) is 18.2 Å². The van der Waals surface area contributed by atoms with Crippen LogP contribution in [0.1, 0.15) is 31.2 Å². The van der Waals surface area contributed by atoms with Gasteiger partial charge in [-0.2, -0.15) is 0 Å². The minimum absolute atomic E-state index is 0.00999. The lowest BCUT2D eigenvalue weighted by Gasteiger charge is -2.12. The average molecular weight is 299 g/mol. The number of benzene rings is 1. The summed E-state index contributed by atoms with van der Waals surface area (Å²) in [6.45, 7) is 1.42. The van der Waals surface area contributed by atoms with E-state index in [4.69, 9.17) is 32.0 Å². The molecule has 20 heavy (non-hydrogen) atoms. The highest BCUT2D eigenvalue weighted by molar-refractivity contribution is 6.30. The van der Waals surface area contributed by atoms with Crippen LogP contribution in [0.4, 0.5) is 0 Å². The quantitative estimate of drug-likeness (QED) is 0.278. The average Bonchev–Trinajstić information content (AvgIpc) is 2.96. The summed E-state index contributed by atoms with van der Waals surface area (Å²) >= 11 is 5.94. The second kappa shape index (κ2) is 7.36. The maximum atomic E-state index is 8.75. The Balaban J connectivity index is 1.89. The van der Waals surface area contributed by atoms with Gasteiger partial charge in [-0.05, 0) is 43.9 Å². The van der Waals surface area contributed by atoms with Gasteiger partial charge in [0.15, 0.2) is 5.84 Å². The van der Waals surface area contributed by atoms with Crippen LogP contribution < -0.4 is 10.5 Å². The van der Waals surface area contributed by atoms with Gasteiger partial charge in [0.1, 0.15) is 5.75 Å². The lowest BCUT2D eigenvalue weighted by atomic mass is 10.1. The summed E-state index contributed by atoms with van der Waals surface area (Å²) in [5.41, 5.74) is 6.14. The van der Waals surface area contributed by atoms with Crippen LogP contribution in [0.5, 0.6) is 5.75 Å². The second-order valence-corrected chi connectivity index (χ2v) is 5.19. The number of oxime groups is 1. The Morgan fingerprint density at radius 2 is 2.40 bits per heavy atom. The number of nitrogens with zero attached hydrogens (tertiary/aromatic N) is 1. The molecule has 3 N–H and O–H groups in total. The zero-order valence-corrected chi connectivity index (χ0v) is 12.0. The monoisotopic (exact) mass is 298 g/mol. The van der Waals surface area contributed by atoms with Gasteiger partial charge >= 0.3 is 0 Å². The van der Waals surface area contributed by atoms with Crippen LogP contribution in [0.15, 0.2) is 23.4 Å². The van der Waals surface area contributed by atoms with E-state index in [1.807, 2.05) is 0 Å². The van der Waals surface area contributed by atoms with Crippen LogP contribution in [0.3, 0.4) is 0 Å². The molecule has 0 saturated carbocycles. The number of nitrogens with two attached hydrogens (primary N) is 1. The number of hydrogen-bond acceptors (Lipinski definition) is 4. The molecule has 0 aliphatic carbocycles. The van der Waals surface area contributed by atoms with E-state index < -0.39 is 0 Å². The Morgan fingerprint density at radius 1 is 1.55 bits per heavy atom. The van der Waals surface area contributed by atoms with Crippen LogP contribution in [0, 0.1) is 0 Å². The van der Waals surface area contributed by atoms with Gasteiger partial charge in [-0.15, -0.1) is 0 Å². The molecule has 6 heteroatoms. The molecule has 0 bridgehead atoms. The Bertz CT molecular complexity index is 473. The van der Waals surface area contributed by atoms with Crippen molar-refractivity contribution >= 4 is 17.4 Å². The van der Waals surface area contributed by atoms with Gasteiger partial charge in [-0.3, -0.25) is 0 Å². The van der Waals surface area contributed by atoms with Crippen LogP contribution in [0.2, 0.25) is 5.02 Å². The minimum atomic E-state index is 0.00999. The molecule has 1 fully saturated rings. The van der Waals surface area contributed by atoms with Crippen molar-refractivity contribution in [2.75, 3.05) is 13.2 Å². The first-order valence-corrected chi connectivity index (χ1v) is 7.10. The SMILES string of the molecule is N/C(=N/O)c1ccc(Cl)cc1OCCCC1CCCO1. The zero-order chi connectivity index (χ0) is 14.4. The fourth-order valence-corrected chi connectivity index (χ4v) is 2.41. The molecule has 1 unspecified atom stereocenters. The van der Waals surface area contributed by atoms with E-state index in [0.29, 0.717) is 29.0 Å². The third-order valence-electron chi connectivity index (χ3n) is 3.28. The van der Waals surface area contributed by atoms with Crippen molar-refractivity contribution in [3.63, 3.8) is 0 Å². The summed E-state index contributed by atoms with van der Waals surface area (Å²) in [6.07, 6.45) is 4.52. The summed E-state index contributed by atoms with van der Waals surface area (Å²) < 4.78 is 11.2. The fourth-order valence-electron chi connectivity index (χ4n) is 2.25. The highest BCUT2D eigenvalue weighted by Gasteiger charge is 2.15. The van der Waals surface area contributed by atoms with Crippen molar-refractivity contribution < 1.29 is 14.7 Å². The first-order valence-electron chi connectivity index (χ1n) is 6.72. The van der Waals surface area contributed by atoms with E-state index in [2.05, 4.69) is 5.16 Å². The Morgan fingerprint density at radius 3 is 3.10 bits per heavy atom. The Kier molecular flexibility index (Phi) is 5.49. The third kappa shape index (κ3) is 4.02. The van der Waals surface area contributed by atoms with Crippen molar-refractivity contribution in [2.24, 2.45) is 10.9 Å². The summed E-state index contributed by atoms with van der Waals surface area (Å²) in [5.74, 6) is 0.538. The van der Waals surface area contributed by atoms with Crippen LogP contribution in [-0.2, 0) is 4.74 Å². The highest BCUT2D eigenvalue weighted by Crippen LogP contribution is 2.24. The molecule has 1 aromatic carbocycles. The van der Waals surface area contributed by atoms with Gasteiger partial charge < -0.3 is 20.4 Å². The molecule has 1 heterocycles. The van der Waals surface area contributed by atoms with Gasteiger partial charge in [0, 0.05) is 11.6 Å². The van der Waals surface area contributed by atoms with E-state index in [1.165, 1.54) is 0 Å². The predicted octanol–water partition coefficient (Wildman–Crippen LogP) is 2.77. The molecule has 2 rings (SSSR count). The molecule has 0 aromatic heterocycles. The predicted molar refractivity (Wildman–Crippen MR) is 77.7 cm³/mol. The zero-order valence-electron chi connectivity index (χ0n) is 11.2. The molecule has 1 saturated heterocycles. The molecule has 1 aliphatic rings. The Hall–Kier alpha value is -1.46. The van der Waals surface area contributed by atoms with Crippen molar-refractivity contribution in [2.45, 2.75) is 31.8 Å². The highest BCUT2D eigenvalue weighted by atomic mass is 35.5.